The average molecular weight is 275 g/mol. The van der Waals surface area contributed by atoms with Crippen molar-refractivity contribution in [3.8, 4) is 0 Å². The lowest BCUT2D eigenvalue weighted by atomic mass is 10.0. The summed E-state index contributed by atoms with van der Waals surface area (Å²) in [7, 11) is 0. The molecule has 0 bridgehead atoms. The van der Waals surface area contributed by atoms with Crippen molar-refractivity contribution in [2.75, 3.05) is 17.2 Å². The van der Waals surface area contributed by atoms with Gasteiger partial charge in [-0.05, 0) is 43.1 Å². The highest BCUT2D eigenvalue weighted by Crippen LogP contribution is 2.35. The van der Waals surface area contributed by atoms with Crippen LogP contribution in [0.3, 0.4) is 0 Å². The zero-order valence-corrected chi connectivity index (χ0v) is 12.1. The number of carbonyl (C=O) groups is 1. The normalized spacial score (nSPS) is 20.1. The summed E-state index contributed by atoms with van der Waals surface area (Å²) in [6.45, 7) is 0.884. The van der Waals surface area contributed by atoms with Gasteiger partial charge >= 0.3 is 0 Å². The maximum Gasteiger partial charge on any atom is 0.227 e. The van der Waals surface area contributed by atoms with Gasteiger partial charge in [-0.1, -0.05) is 25.0 Å². The van der Waals surface area contributed by atoms with Gasteiger partial charge in [0, 0.05) is 17.9 Å². The first kappa shape index (κ1) is 13.0. The lowest BCUT2D eigenvalue weighted by Crippen LogP contribution is -2.32. The number of anilines is 1. The Hall–Kier alpha value is -0.960. The second-order valence-electron chi connectivity index (χ2n) is 5.57. The summed E-state index contributed by atoms with van der Waals surface area (Å²) in [5.41, 5.74) is 1.13. The summed E-state index contributed by atoms with van der Waals surface area (Å²) in [6, 6.07) is 8.35. The lowest BCUT2D eigenvalue weighted by Gasteiger charge is -2.24. The summed E-state index contributed by atoms with van der Waals surface area (Å²) in [5, 5.41) is 0. The Morgan fingerprint density at radius 2 is 2.00 bits per heavy atom. The maximum absolute atomic E-state index is 12.6. The van der Waals surface area contributed by atoms with Crippen LogP contribution in [0, 0.1) is 5.92 Å². The molecule has 102 valence electrons. The van der Waals surface area contributed by atoms with Crippen molar-refractivity contribution in [1.29, 1.82) is 0 Å². The molecule has 19 heavy (non-hydrogen) atoms. The number of hydrogen-bond acceptors (Lipinski definition) is 2. The molecule has 0 aromatic heterocycles. The van der Waals surface area contributed by atoms with E-state index in [1.807, 2.05) is 22.7 Å². The quantitative estimate of drug-likeness (QED) is 0.810. The van der Waals surface area contributed by atoms with Crippen molar-refractivity contribution in [2.24, 2.45) is 5.92 Å². The molecule has 2 aliphatic rings. The molecule has 3 rings (SSSR count). The van der Waals surface area contributed by atoms with E-state index in [2.05, 4.69) is 18.2 Å². The Morgan fingerprint density at radius 1 is 1.21 bits per heavy atom. The Bertz CT molecular complexity index is 454. The molecule has 0 radical (unpaired) electrons. The van der Waals surface area contributed by atoms with E-state index in [1.54, 1.807) is 0 Å². The Kier molecular flexibility index (Phi) is 4.12. The van der Waals surface area contributed by atoms with E-state index >= 15 is 0 Å². The molecule has 2 nitrogen and oxygen atoms in total. The molecule has 1 amide bonds. The van der Waals surface area contributed by atoms with Crippen LogP contribution in [-0.2, 0) is 4.79 Å². The van der Waals surface area contributed by atoms with E-state index in [0.29, 0.717) is 11.8 Å². The van der Waals surface area contributed by atoms with Gasteiger partial charge < -0.3 is 4.90 Å². The van der Waals surface area contributed by atoms with Gasteiger partial charge in [-0.3, -0.25) is 4.79 Å². The summed E-state index contributed by atoms with van der Waals surface area (Å²) in [4.78, 5) is 15.9. The second kappa shape index (κ2) is 6.00. The van der Waals surface area contributed by atoms with E-state index in [0.717, 1.165) is 30.8 Å². The Balaban J connectivity index is 1.77. The highest BCUT2D eigenvalue weighted by atomic mass is 32.2. The molecule has 0 saturated heterocycles. The maximum atomic E-state index is 12.6. The fourth-order valence-corrected chi connectivity index (χ4v) is 4.15. The van der Waals surface area contributed by atoms with Crippen LogP contribution in [0.5, 0.6) is 0 Å². The third-order valence-electron chi connectivity index (χ3n) is 4.18. The van der Waals surface area contributed by atoms with Crippen molar-refractivity contribution in [3.63, 3.8) is 0 Å². The number of fused-ring (bicyclic) bond motifs is 1. The Labute approximate surface area is 119 Å². The lowest BCUT2D eigenvalue weighted by molar-refractivity contribution is -0.119. The summed E-state index contributed by atoms with van der Waals surface area (Å²) >= 11 is 1.88. The topological polar surface area (TPSA) is 20.3 Å². The average Bonchev–Trinajstić information content (AvgIpc) is 2.83. The zero-order chi connectivity index (χ0) is 13.1. The molecule has 1 aromatic carbocycles. The summed E-state index contributed by atoms with van der Waals surface area (Å²) < 4.78 is 0. The molecular weight excluding hydrogens is 254 g/mol. The molecule has 0 atom stereocenters. The van der Waals surface area contributed by atoms with Crippen LogP contribution in [0.1, 0.15) is 38.5 Å². The summed E-state index contributed by atoms with van der Waals surface area (Å²) in [6.07, 6.45) is 6.95. The van der Waals surface area contributed by atoms with Gasteiger partial charge in [0.05, 0.1) is 5.69 Å². The molecule has 1 fully saturated rings. The molecule has 0 N–H and O–H groups in total. The number of thioether (sulfide) groups is 1. The van der Waals surface area contributed by atoms with Crippen LogP contribution in [0.15, 0.2) is 29.2 Å². The van der Waals surface area contributed by atoms with Crippen LogP contribution < -0.4 is 4.90 Å². The van der Waals surface area contributed by atoms with Gasteiger partial charge in [0.15, 0.2) is 0 Å². The first-order chi connectivity index (χ1) is 9.34. The number of para-hydroxylation sites is 1. The molecular formula is C16H21NOS. The van der Waals surface area contributed by atoms with Crippen LogP contribution in [0.4, 0.5) is 5.69 Å². The first-order valence-electron chi connectivity index (χ1n) is 7.37. The number of amides is 1. The monoisotopic (exact) mass is 275 g/mol. The van der Waals surface area contributed by atoms with Crippen molar-refractivity contribution >= 4 is 23.4 Å². The fourth-order valence-electron chi connectivity index (χ4n) is 3.16. The van der Waals surface area contributed by atoms with Gasteiger partial charge in [-0.25, -0.2) is 0 Å². The van der Waals surface area contributed by atoms with Crippen molar-refractivity contribution in [1.82, 2.24) is 0 Å². The van der Waals surface area contributed by atoms with E-state index in [-0.39, 0.29) is 0 Å². The summed E-state index contributed by atoms with van der Waals surface area (Å²) in [5.74, 6) is 2.09. The highest BCUT2D eigenvalue weighted by Gasteiger charge is 2.25. The number of benzene rings is 1. The number of carbonyl (C=O) groups excluding carboxylic acids is 1. The standard InChI is InChI=1S/C16H21NOS/c18-16(12-13-6-1-2-7-13)17-10-5-11-19-15-9-4-3-8-14(15)17/h3-4,8-9,13H,1-2,5-7,10-12H2. The number of rotatable bonds is 2. The molecule has 1 aliphatic carbocycles. The van der Waals surface area contributed by atoms with Gasteiger partial charge in [-0.2, -0.15) is 0 Å². The van der Waals surface area contributed by atoms with E-state index in [9.17, 15) is 4.79 Å². The molecule has 1 heterocycles. The van der Waals surface area contributed by atoms with Gasteiger partial charge in [0.1, 0.15) is 0 Å². The molecule has 1 aliphatic heterocycles. The van der Waals surface area contributed by atoms with E-state index in [4.69, 9.17) is 0 Å². The Morgan fingerprint density at radius 3 is 2.84 bits per heavy atom. The third-order valence-corrected chi connectivity index (χ3v) is 5.33. The second-order valence-corrected chi connectivity index (χ2v) is 6.71. The fraction of sp³-hybridized carbons (Fsp3) is 0.562. The van der Waals surface area contributed by atoms with Crippen molar-refractivity contribution < 1.29 is 4.79 Å². The van der Waals surface area contributed by atoms with E-state index < -0.39 is 0 Å². The predicted octanol–water partition coefficient (Wildman–Crippen LogP) is 4.10. The van der Waals surface area contributed by atoms with Crippen LogP contribution >= 0.6 is 11.8 Å². The minimum atomic E-state index is 0.335. The smallest absolute Gasteiger partial charge is 0.227 e. The zero-order valence-electron chi connectivity index (χ0n) is 11.3. The van der Waals surface area contributed by atoms with Gasteiger partial charge in [-0.15, -0.1) is 11.8 Å². The number of hydrogen-bond donors (Lipinski definition) is 0. The molecule has 1 aromatic rings. The minimum Gasteiger partial charge on any atom is -0.311 e. The third kappa shape index (κ3) is 2.97. The highest BCUT2D eigenvalue weighted by molar-refractivity contribution is 7.99. The minimum absolute atomic E-state index is 0.335. The SMILES string of the molecule is O=C(CC1CCCC1)N1CCCSc2ccccc21. The largest absolute Gasteiger partial charge is 0.311 e. The number of nitrogens with zero attached hydrogens (tertiary/aromatic N) is 1. The van der Waals surface area contributed by atoms with Crippen LogP contribution in [0.25, 0.3) is 0 Å². The molecule has 1 saturated carbocycles. The van der Waals surface area contributed by atoms with Crippen LogP contribution in [-0.4, -0.2) is 18.2 Å². The first-order valence-corrected chi connectivity index (χ1v) is 8.35. The van der Waals surface area contributed by atoms with Crippen LogP contribution in [0.2, 0.25) is 0 Å². The predicted molar refractivity (Wildman–Crippen MR) is 80.7 cm³/mol. The molecule has 0 spiro atoms. The van der Waals surface area contributed by atoms with Crippen molar-refractivity contribution in [3.05, 3.63) is 24.3 Å². The van der Waals surface area contributed by atoms with Crippen molar-refractivity contribution in [2.45, 2.75) is 43.4 Å². The van der Waals surface area contributed by atoms with Gasteiger partial charge in [0.25, 0.3) is 0 Å². The molecule has 3 heteroatoms. The van der Waals surface area contributed by atoms with E-state index in [1.165, 1.54) is 30.6 Å². The van der Waals surface area contributed by atoms with Gasteiger partial charge in [0.2, 0.25) is 5.91 Å². The molecule has 0 unspecified atom stereocenters.